The van der Waals surface area contributed by atoms with Crippen LogP contribution in [0.3, 0.4) is 0 Å². The van der Waals surface area contributed by atoms with Gasteiger partial charge < -0.3 is 14.5 Å². The minimum absolute atomic E-state index is 0.443. The average Bonchev–Trinajstić information content (AvgIpc) is 3.04. The summed E-state index contributed by atoms with van der Waals surface area (Å²) in [6, 6.07) is 8.73. The Morgan fingerprint density at radius 1 is 1.16 bits per heavy atom. The minimum Gasteiger partial charge on any atom is -0.464 e. The minimum atomic E-state index is 0.443. The van der Waals surface area contributed by atoms with Crippen molar-refractivity contribution in [1.82, 2.24) is 5.32 Å². The quantitative estimate of drug-likeness (QED) is 0.914. The molecule has 1 aromatic carbocycles. The van der Waals surface area contributed by atoms with E-state index in [1.54, 1.807) is 0 Å². The molecule has 0 radical (unpaired) electrons. The Morgan fingerprint density at radius 2 is 2.05 bits per heavy atom. The van der Waals surface area contributed by atoms with Gasteiger partial charge in [0.2, 0.25) is 0 Å². The molecule has 0 spiro atoms. The van der Waals surface area contributed by atoms with Crippen LogP contribution in [-0.4, -0.2) is 18.8 Å². The van der Waals surface area contributed by atoms with Gasteiger partial charge in [-0.1, -0.05) is 18.2 Å². The van der Waals surface area contributed by atoms with Crippen LogP contribution in [0.5, 0.6) is 0 Å². The molecule has 100 valence electrons. The molecule has 1 saturated heterocycles. The summed E-state index contributed by atoms with van der Waals surface area (Å²) < 4.78 is 11.4. The lowest BCUT2D eigenvalue weighted by molar-refractivity contribution is 0.0809. The van der Waals surface area contributed by atoms with Crippen molar-refractivity contribution in [2.24, 2.45) is 5.92 Å². The molecule has 1 aliphatic heterocycles. The van der Waals surface area contributed by atoms with Crippen LogP contribution in [0.4, 0.5) is 0 Å². The summed E-state index contributed by atoms with van der Waals surface area (Å²) in [7, 11) is 0. The molecule has 1 aromatic heterocycles. The average molecular weight is 257 g/mol. The van der Waals surface area contributed by atoms with E-state index in [0.717, 1.165) is 31.1 Å². The van der Waals surface area contributed by atoms with Crippen LogP contribution in [0.1, 0.15) is 24.8 Å². The number of benzene rings is 1. The molecule has 0 amide bonds. The highest BCUT2D eigenvalue weighted by Gasteiger charge is 2.40. The monoisotopic (exact) mass is 257 g/mol. The maximum Gasteiger partial charge on any atom is 0.134 e. The highest BCUT2D eigenvalue weighted by atomic mass is 16.5. The molecule has 2 aromatic rings. The molecular weight excluding hydrogens is 238 g/mol. The molecular formula is C16H19NO2. The van der Waals surface area contributed by atoms with Crippen molar-refractivity contribution in [3.05, 3.63) is 36.1 Å². The maximum absolute atomic E-state index is 5.86. The highest BCUT2D eigenvalue weighted by Crippen LogP contribution is 2.38. The number of rotatable bonds is 4. The van der Waals surface area contributed by atoms with E-state index in [9.17, 15) is 0 Å². The first-order valence-corrected chi connectivity index (χ1v) is 7.22. The van der Waals surface area contributed by atoms with E-state index in [2.05, 4.69) is 17.4 Å². The van der Waals surface area contributed by atoms with Crippen molar-refractivity contribution in [2.45, 2.75) is 38.0 Å². The predicted molar refractivity (Wildman–Crippen MR) is 73.9 cm³/mol. The number of hydrogen-bond acceptors (Lipinski definition) is 3. The third-order valence-corrected chi connectivity index (χ3v) is 4.34. The summed E-state index contributed by atoms with van der Waals surface area (Å²) >= 11 is 0. The molecule has 3 heteroatoms. The molecule has 2 fully saturated rings. The summed E-state index contributed by atoms with van der Waals surface area (Å²) in [5.41, 5.74) is 2.22. The second kappa shape index (κ2) is 4.66. The Morgan fingerprint density at radius 3 is 2.95 bits per heavy atom. The molecule has 1 saturated carbocycles. The van der Waals surface area contributed by atoms with Gasteiger partial charge in [0.25, 0.3) is 0 Å². The lowest BCUT2D eigenvalue weighted by atomic mass is 10.1. The van der Waals surface area contributed by atoms with E-state index in [0.29, 0.717) is 12.1 Å². The molecule has 4 rings (SSSR count). The SMILES string of the molecule is c1ccc2c(CNC3CCOC3C3CC3)coc2c1. The normalized spacial score (nSPS) is 27.2. The molecule has 1 aliphatic carbocycles. The van der Waals surface area contributed by atoms with E-state index < -0.39 is 0 Å². The molecule has 2 unspecified atom stereocenters. The first-order chi connectivity index (χ1) is 9.42. The number of hydrogen-bond donors (Lipinski definition) is 1. The smallest absolute Gasteiger partial charge is 0.134 e. The molecule has 2 heterocycles. The van der Waals surface area contributed by atoms with Gasteiger partial charge in [-0.15, -0.1) is 0 Å². The zero-order valence-electron chi connectivity index (χ0n) is 11.0. The molecule has 3 nitrogen and oxygen atoms in total. The van der Waals surface area contributed by atoms with Crippen LogP contribution in [0.25, 0.3) is 11.0 Å². The third-order valence-electron chi connectivity index (χ3n) is 4.34. The van der Waals surface area contributed by atoms with E-state index in [1.165, 1.54) is 23.8 Å². The van der Waals surface area contributed by atoms with E-state index in [4.69, 9.17) is 9.15 Å². The van der Waals surface area contributed by atoms with Gasteiger partial charge in [0, 0.05) is 30.1 Å². The van der Waals surface area contributed by atoms with Crippen LogP contribution < -0.4 is 5.32 Å². The lowest BCUT2D eigenvalue weighted by Gasteiger charge is -2.19. The van der Waals surface area contributed by atoms with Crippen LogP contribution >= 0.6 is 0 Å². The van der Waals surface area contributed by atoms with Crippen molar-refractivity contribution in [1.29, 1.82) is 0 Å². The van der Waals surface area contributed by atoms with Gasteiger partial charge >= 0.3 is 0 Å². The van der Waals surface area contributed by atoms with Gasteiger partial charge in [-0.2, -0.15) is 0 Å². The molecule has 2 aliphatic rings. The van der Waals surface area contributed by atoms with Crippen molar-refractivity contribution >= 4 is 11.0 Å². The zero-order valence-corrected chi connectivity index (χ0v) is 11.0. The maximum atomic E-state index is 5.86. The number of ether oxygens (including phenoxy) is 1. The predicted octanol–water partition coefficient (Wildman–Crippen LogP) is 3.09. The number of fused-ring (bicyclic) bond motifs is 1. The Balaban J connectivity index is 1.46. The van der Waals surface area contributed by atoms with Crippen molar-refractivity contribution in [3.8, 4) is 0 Å². The van der Waals surface area contributed by atoms with E-state index >= 15 is 0 Å². The molecule has 0 bridgehead atoms. The molecule has 1 N–H and O–H groups in total. The van der Waals surface area contributed by atoms with E-state index in [-0.39, 0.29) is 0 Å². The Hall–Kier alpha value is -1.32. The van der Waals surface area contributed by atoms with Gasteiger partial charge in [0.15, 0.2) is 0 Å². The van der Waals surface area contributed by atoms with Gasteiger partial charge in [-0.3, -0.25) is 0 Å². The van der Waals surface area contributed by atoms with Gasteiger partial charge in [-0.05, 0) is 31.2 Å². The second-order valence-corrected chi connectivity index (χ2v) is 5.71. The van der Waals surface area contributed by atoms with Crippen LogP contribution in [0.15, 0.2) is 34.9 Å². The summed E-state index contributed by atoms with van der Waals surface area (Å²) in [6.45, 7) is 1.78. The van der Waals surface area contributed by atoms with E-state index in [1.807, 2.05) is 18.4 Å². The van der Waals surface area contributed by atoms with Crippen molar-refractivity contribution in [2.75, 3.05) is 6.61 Å². The fraction of sp³-hybridized carbons (Fsp3) is 0.500. The topological polar surface area (TPSA) is 34.4 Å². The summed E-state index contributed by atoms with van der Waals surface area (Å²) in [5, 5.41) is 4.88. The summed E-state index contributed by atoms with van der Waals surface area (Å²) in [6.07, 6.45) is 6.14. The number of para-hydroxylation sites is 1. The van der Waals surface area contributed by atoms with Crippen LogP contribution in [0.2, 0.25) is 0 Å². The Kier molecular flexibility index (Phi) is 2.82. The van der Waals surface area contributed by atoms with Gasteiger partial charge in [0.1, 0.15) is 5.58 Å². The number of nitrogens with one attached hydrogen (secondary N) is 1. The second-order valence-electron chi connectivity index (χ2n) is 5.71. The summed E-state index contributed by atoms with van der Waals surface area (Å²) in [5.74, 6) is 0.807. The lowest BCUT2D eigenvalue weighted by Crippen LogP contribution is -2.37. The first kappa shape index (κ1) is 11.5. The van der Waals surface area contributed by atoms with Gasteiger partial charge in [-0.25, -0.2) is 0 Å². The first-order valence-electron chi connectivity index (χ1n) is 7.22. The Labute approximate surface area is 112 Å². The third kappa shape index (κ3) is 2.17. The van der Waals surface area contributed by atoms with Crippen LogP contribution in [-0.2, 0) is 11.3 Å². The fourth-order valence-electron chi connectivity index (χ4n) is 3.13. The van der Waals surface area contributed by atoms with Crippen molar-refractivity contribution < 1.29 is 9.15 Å². The van der Waals surface area contributed by atoms with Gasteiger partial charge in [0.05, 0.1) is 12.4 Å². The molecule has 19 heavy (non-hydrogen) atoms. The van der Waals surface area contributed by atoms with Crippen molar-refractivity contribution in [3.63, 3.8) is 0 Å². The number of furan rings is 1. The largest absolute Gasteiger partial charge is 0.464 e. The fourth-order valence-corrected chi connectivity index (χ4v) is 3.13. The Bertz CT molecular complexity index is 573. The van der Waals surface area contributed by atoms with Crippen LogP contribution in [0, 0.1) is 5.92 Å². The molecule has 2 atom stereocenters. The summed E-state index contributed by atoms with van der Waals surface area (Å²) in [4.78, 5) is 0. The highest BCUT2D eigenvalue weighted by molar-refractivity contribution is 5.80. The standard InChI is InChI=1S/C16H19NO2/c1-2-4-15-13(3-1)12(10-19-15)9-17-14-7-8-18-16(14)11-5-6-11/h1-4,10-11,14,16-17H,5-9H2. The zero-order chi connectivity index (χ0) is 12.7.